The van der Waals surface area contributed by atoms with E-state index in [9.17, 15) is 13.2 Å². The lowest BCUT2D eigenvalue weighted by atomic mass is 10.3. The molecule has 0 radical (unpaired) electrons. The van der Waals surface area contributed by atoms with Crippen molar-refractivity contribution in [2.45, 2.75) is 6.92 Å². The molecule has 1 rings (SSSR count). The summed E-state index contributed by atoms with van der Waals surface area (Å²) >= 11 is 0. The van der Waals surface area contributed by atoms with Gasteiger partial charge in [0.05, 0.1) is 6.26 Å². The Kier molecular flexibility index (Phi) is 4.65. The average molecular weight is 256 g/mol. The summed E-state index contributed by atoms with van der Waals surface area (Å²) in [5.41, 5.74) is 0.760. The molecule has 17 heavy (non-hydrogen) atoms. The molecule has 1 amide bonds. The molecule has 1 aromatic rings. The fourth-order valence-corrected chi connectivity index (χ4v) is 1.88. The zero-order valence-electron chi connectivity index (χ0n) is 9.88. The maximum atomic E-state index is 11.4. The van der Waals surface area contributed by atoms with Crippen molar-refractivity contribution in [1.29, 1.82) is 0 Å². The lowest BCUT2D eigenvalue weighted by molar-refractivity contribution is -0.116. The molecule has 0 aromatic heterocycles. The number of rotatable bonds is 5. The van der Waals surface area contributed by atoms with Gasteiger partial charge < -0.3 is 4.90 Å². The molecule has 0 spiro atoms. The Labute approximate surface area is 101 Å². The number of amides is 1. The first kappa shape index (κ1) is 13.7. The summed E-state index contributed by atoms with van der Waals surface area (Å²) in [7, 11) is -3.22. The van der Waals surface area contributed by atoms with E-state index in [4.69, 9.17) is 0 Å². The van der Waals surface area contributed by atoms with Crippen molar-refractivity contribution in [3.05, 3.63) is 30.3 Å². The second-order valence-corrected chi connectivity index (χ2v) is 5.51. The van der Waals surface area contributed by atoms with Crippen LogP contribution in [0.4, 0.5) is 5.69 Å². The molecule has 0 aliphatic rings. The van der Waals surface area contributed by atoms with Crippen molar-refractivity contribution in [3.8, 4) is 0 Å². The van der Waals surface area contributed by atoms with E-state index in [0.29, 0.717) is 6.54 Å². The van der Waals surface area contributed by atoms with Gasteiger partial charge in [-0.15, -0.1) is 0 Å². The molecule has 0 aliphatic carbocycles. The van der Waals surface area contributed by atoms with Crippen LogP contribution in [0.5, 0.6) is 0 Å². The molecule has 0 atom stereocenters. The lowest BCUT2D eigenvalue weighted by Crippen LogP contribution is -2.37. The van der Waals surface area contributed by atoms with Crippen LogP contribution in [0.1, 0.15) is 6.92 Å². The second kappa shape index (κ2) is 5.79. The Balaban J connectivity index is 2.66. The number of sulfonamides is 1. The highest BCUT2D eigenvalue weighted by molar-refractivity contribution is 7.88. The SMILES string of the molecule is CC(=O)N(CCNS(C)(=O)=O)c1ccccc1. The third-order valence-corrected chi connectivity index (χ3v) is 2.88. The van der Waals surface area contributed by atoms with E-state index in [2.05, 4.69) is 4.72 Å². The first-order chi connectivity index (χ1) is 7.90. The van der Waals surface area contributed by atoms with E-state index in [1.54, 1.807) is 0 Å². The van der Waals surface area contributed by atoms with Crippen LogP contribution in [0.2, 0.25) is 0 Å². The van der Waals surface area contributed by atoms with Gasteiger partial charge in [-0.25, -0.2) is 13.1 Å². The quantitative estimate of drug-likeness (QED) is 0.838. The van der Waals surface area contributed by atoms with Crippen molar-refractivity contribution < 1.29 is 13.2 Å². The maximum absolute atomic E-state index is 11.4. The fourth-order valence-electron chi connectivity index (χ4n) is 1.42. The van der Waals surface area contributed by atoms with Crippen LogP contribution in [0.3, 0.4) is 0 Å². The van der Waals surface area contributed by atoms with Gasteiger partial charge in [0.1, 0.15) is 0 Å². The van der Waals surface area contributed by atoms with Gasteiger partial charge in [0.2, 0.25) is 15.9 Å². The first-order valence-electron chi connectivity index (χ1n) is 5.18. The van der Waals surface area contributed by atoms with Gasteiger partial charge in [-0.2, -0.15) is 0 Å². The van der Waals surface area contributed by atoms with Gasteiger partial charge in [-0.1, -0.05) is 18.2 Å². The van der Waals surface area contributed by atoms with E-state index in [1.165, 1.54) is 11.8 Å². The molecule has 0 unspecified atom stereocenters. The summed E-state index contributed by atoms with van der Waals surface area (Å²) in [6.45, 7) is 1.97. The molecule has 0 aliphatic heterocycles. The smallest absolute Gasteiger partial charge is 0.223 e. The molecule has 1 aromatic carbocycles. The van der Waals surface area contributed by atoms with E-state index >= 15 is 0 Å². The van der Waals surface area contributed by atoms with Crippen LogP contribution in [-0.4, -0.2) is 33.7 Å². The number of nitrogens with zero attached hydrogens (tertiary/aromatic N) is 1. The molecule has 0 fully saturated rings. The topological polar surface area (TPSA) is 66.5 Å². The summed E-state index contributed by atoms with van der Waals surface area (Å²) in [5.74, 6) is -0.119. The van der Waals surface area contributed by atoms with Crippen LogP contribution >= 0.6 is 0 Å². The van der Waals surface area contributed by atoms with Gasteiger partial charge >= 0.3 is 0 Å². The Hall–Kier alpha value is -1.40. The summed E-state index contributed by atoms with van der Waals surface area (Å²) in [5, 5.41) is 0. The zero-order chi connectivity index (χ0) is 12.9. The fraction of sp³-hybridized carbons (Fsp3) is 0.364. The Morgan fingerprint density at radius 1 is 1.29 bits per heavy atom. The molecule has 1 N–H and O–H groups in total. The summed E-state index contributed by atoms with van der Waals surface area (Å²) in [4.78, 5) is 13.0. The molecule has 0 saturated carbocycles. The molecule has 0 bridgehead atoms. The third kappa shape index (κ3) is 4.97. The van der Waals surface area contributed by atoms with Gasteiger partial charge in [0.15, 0.2) is 0 Å². The number of carbonyl (C=O) groups excluding carboxylic acids is 1. The van der Waals surface area contributed by atoms with Gasteiger partial charge in [0, 0.05) is 25.7 Å². The van der Waals surface area contributed by atoms with Gasteiger partial charge in [-0.3, -0.25) is 4.79 Å². The van der Waals surface area contributed by atoms with Crippen molar-refractivity contribution in [2.24, 2.45) is 0 Å². The average Bonchev–Trinajstić information content (AvgIpc) is 2.23. The van der Waals surface area contributed by atoms with Crippen LogP contribution in [-0.2, 0) is 14.8 Å². The minimum atomic E-state index is -3.22. The maximum Gasteiger partial charge on any atom is 0.223 e. The molecule has 94 valence electrons. The van der Waals surface area contributed by atoms with Crippen LogP contribution in [0, 0.1) is 0 Å². The predicted molar refractivity (Wildman–Crippen MR) is 67.3 cm³/mol. The highest BCUT2D eigenvalue weighted by Gasteiger charge is 2.11. The number of hydrogen-bond acceptors (Lipinski definition) is 3. The zero-order valence-corrected chi connectivity index (χ0v) is 10.7. The number of carbonyl (C=O) groups is 1. The Bertz CT molecular complexity index is 471. The number of hydrogen-bond donors (Lipinski definition) is 1. The van der Waals surface area contributed by atoms with Crippen molar-refractivity contribution in [3.63, 3.8) is 0 Å². The summed E-state index contributed by atoms with van der Waals surface area (Å²) in [6, 6.07) is 9.13. The van der Waals surface area contributed by atoms with Crippen LogP contribution in [0.15, 0.2) is 30.3 Å². The highest BCUT2D eigenvalue weighted by Crippen LogP contribution is 2.12. The summed E-state index contributed by atoms with van der Waals surface area (Å²) in [6.07, 6.45) is 1.09. The van der Waals surface area contributed by atoms with Gasteiger partial charge in [0.25, 0.3) is 0 Å². The molecular weight excluding hydrogens is 240 g/mol. The monoisotopic (exact) mass is 256 g/mol. The van der Waals surface area contributed by atoms with Crippen LogP contribution < -0.4 is 9.62 Å². The van der Waals surface area contributed by atoms with Crippen molar-refractivity contribution >= 4 is 21.6 Å². The standard InChI is InChI=1S/C11H16N2O3S/c1-10(14)13(9-8-12-17(2,15)16)11-6-4-3-5-7-11/h3-7,12H,8-9H2,1-2H3. The molecular formula is C11H16N2O3S. The highest BCUT2D eigenvalue weighted by atomic mass is 32.2. The van der Waals surface area contributed by atoms with Crippen LogP contribution in [0.25, 0.3) is 0 Å². The lowest BCUT2D eigenvalue weighted by Gasteiger charge is -2.21. The normalized spacial score (nSPS) is 11.2. The molecule has 6 heteroatoms. The largest absolute Gasteiger partial charge is 0.311 e. The number of nitrogens with one attached hydrogen (secondary N) is 1. The minimum Gasteiger partial charge on any atom is -0.311 e. The molecule has 0 saturated heterocycles. The molecule has 5 nitrogen and oxygen atoms in total. The van der Waals surface area contributed by atoms with Crippen molar-refractivity contribution in [1.82, 2.24) is 4.72 Å². The third-order valence-electron chi connectivity index (χ3n) is 2.15. The minimum absolute atomic E-state index is 0.119. The Morgan fingerprint density at radius 2 is 1.88 bits per heavy atom. The molecule has 0 heterocycles. The number of benzene rings is 1. The Morgan fingerprint density at radius 3 is 2.35 bits per heavy atom. The van der Waals surface area contributed by atoms with E-state index in [1.807, 2.05) is 30.3 Å². The summed E-state index contributed by atoms with van der Waals surface area (Å²) < 4.78 is 24.2. The van der Waals surface area contributed by atoms with Crippen molar-refractivity contribution in [2.75, 3.05) is 24.2 Å². The van der Waals surface area contributed by atoms with E-state index < -0.39 is 10.0 Å². The predicted octanol–water partition coefficient (Wildman–Crippen LogP) is 0.589. The first-order valence-corrected chi connectivity index (χ1v) is 7.07. The second-order valence-electron chi connectivity index (χ2n) is 3.67. The van der Waals surface area contributed by atoms with E-state index in [0.717, 1.165) is 11.9 Å². The van der Waals surface area contributed by atoms with Gasteiger partial charge in [-0.05, 0) is 12.1 Å². The van der Waals surface area contributed by atoms with E-state index in [-0.39, 0.29) is 12.5 Å². The number of anilines is 1. The number of para-hydroxylation sites is 1.